The van der Waals surface area contributed by atoms with Gasteiger partial charge < -0.3 is 10.1 Å². The molecular formula is C19H28N2O2. The fourth-order valence-corrected chi connectivity index (χ4v) is 3.33. The summed E-state index contributed by atoms with van der Waals surface area (Å²) in [5, 5.41) is 6.55. The molecule has 4 heteroatoms. The number of fused-ring (bicyclic) bond motifs is 1. The lowest BCUT2D eigenvalue weighted by atomic mass is 9.85. The Morgan fingerprint density at radius 3 is 2.70 bits per heavy atom. The van der Waals surface area contributed by atoms with Crippen molar-refractivity contribution in [3.63, 3.8) is 0 Å². The lowest BCUT2D eigenvalue weighted by Crippen LogP contribution is -2.29. The molecule has 23 heavy (non-hydrogen) atoms. The van der Waals surface area contributed by atoms with Gasteiger partial charge in [-0.3, -0.25) is 5.32 Å². The maximum absolute atomic E-state index is 11.9. The SMILES string of the molecule is CC(C)(C)OC(=O)Nc1ccc2c(c1)CCC2NCC1CCC1. The number of nitrogens with one attached hydrogen (secondary N) is 2. The van der Waals surface area contributed by atoms with Gasteiger partial charge in [0.05, 0.1) is 0 Å². The Hall–Kier alpha value is -1.55. The molecule has 1 unspecified atom stereocenters. The van der Waals surface area contributed by atoms with E-state index in [0.717, 1.165) is 31.0 Å². The summed E-state index contributed by atoms with van der Waals surface area (Å²) in [5.41, 5.74) is 3.07. The minimum absolute atomic E-state index is 0.393. The minimum Gasteiger partial charge on any atom is -0.444 e. The van der Waals surface area contributed by atoms with Gasteiger partial charge in [0.25, 0.3) is 0 Å². The van der Waals surface area contributed by atoms with Crippen molar-refractivity contribution >= 4 is 11.8 Å². The summed E-state index contributed by atoms with van der Waals surface area (Å²) in [6, 6.07) is 6.69. The number of anilines is 1. The van der Waals surface area contributed by atoms with Crippen LogP contribution in [0.2, 0.25) is 0 Å². The molecule has 1 aromatic carbocycles. The summed E-state index contributed by atoms with van der Waals surface area (Å²) in [4.78, 5) is 11.9. The highest BCUT2D eigenvalue weighted by molar-refractivity contribution is 5.85. The first-order chi connectivity index (χ1) is 10.9. The molecule has 0 aromatic heterocycles. The maximum atomic E-state index is 11.9. The van der Waals surface area contributed by atoms with Crippen molar-refractivity contribution in [2.75, 3.05) is 11.9 Å². The Kier molecular flexibility index (Phi) is 4.62. The van der Waals surface area contributed by atoms with Gasteiger partial charge in [-0.1, -0.05) is 12.5 Å². The van der Waals surface area contributed by atoms with Gasteiger partial charge in [-0.25, -0.2) is 4.79 Å². The van der Waals surface area contributed by atoms with Crippen LogP contribution in [0.4, 0.5) is 10.5 Å². The molecule has 3 rings (SSSR count). The number of aryl methyl sites for hydroxylation is 1. The normalized spacial score (nSPS) is 20.7. The zero-order valence-electron chi connectivity index (χ0n) is 14.4. The summed E-state index contributed by atoms with van der Waals surface area (Å²) >= 11 is 0. The number of benzene rings is 1. The molecule has 0 aliphatic heterocycles. The second-order valence-electron chi connectivity index (χ2n) is 7.84. The van der Waals surface area contributed by atoms with E-state index in [2.05, 4.69) is 22.8 Å². The minimum atomic E-state index is -0.475. The number of rotatable bonds is 4. The van der Waals surface area contributed by atoms with Crippen LogP contribution in [0.1, 0.15) is 63.6 Å². The molecule has 1 atom stereocenters. The van der Waals surface area contributed by atoms with Crippen LogP contribution in [0.5, 0.6) is 0 Å². The van der Waals surface area contributed by atoms with Crippen molar-refractivity contribution in [2.24, 2.45) is 5.92 Å². The molecule has 0 radical (unpaired) electrons. The fraction of sp³-hybridized carbons (Fsp3) is 0.632. The first kappa shape index (κ1) is 16.3. The van der Waals surface area contributed by atoms with Gasteiger partial charge in [-0.15, -0.1) is 0 Å². The van der Waals surface area contributed by atoms with Crippen molar-refractivity contribution in [1.82, 2.24) is 5.32 Å². The van der Waals surface area contributed by atoms with Gasteiger partial charge in [-0.05, 0) is 82.2 Å². The van der Waals surface area contributed by atoms with Crippen LogP contribution in [0.15, 0.2) is 18.2 Å². The van der Waals surface area contributed by atoms with Gasteiger partial charge in [0.15, 0.2) is 0 Å². The molecule has 2 aliphatic carbocycles. The van der Waals surface area contributed by atoms with E-state index >= 15 is 0 Å². The quantitative estimate of drug-likeness (QED) is 0.865. The maximum Gasteiger partial charge on any atom is 0.412 e. The second-order valence-corrected chi connectivity index (χ2v) is 7.84. The first-order valence-electron chi connectivity index (χ1n) is 8.77. The van der Waals surface area contributed by atoms with Crippen LogP contribution in [-0.4, -0.2) is 18.2 Å². The summed E-state index contributed by atoms with van der Waals surface area (Å²) in [6.45, 7) is 6.75. The number of hydrogen-bond donors (Lipinski definition) is 2. The summed E-state index contributed by atoms with van der Waals surface area (Å²) < 4.78 is 5.30. The molecule has 1 aromatic rings. The first-order valence-corrected chi connectivity index (χ1v) is 8.77. The Labute approximate surface area is 139 Å². The van der Waals surface area contributed by atoms with E-state index in [1.807, 2.05) is 26.8 Å². The number of ether oxygens (including phenoxy) is 1. The van der Waals surface area contributed by atoms with Crippen molar-refractivity contribution < 1.29 is 9.53 Å². The predicted molar refractivity (Wildman–Crippen MR) is 92.7 cm³/mol. The molecule has 0 saturated heterocycles. The third kappa shape index (κ3) is 4.25. The van der Waals surface area contributed by atoms with Crippen LogP contribution in [0, 0.1) is 5.92 Å². The van der Waals surface area contributed by atoms with Crippen molar-refractivity contribution in [3.8, 4) is 0 Å². The number of amides is 1. The van der Waals surface area contributed by atoms with E-state index in [0.29, 0.717) is 6.04 Å². The Bertz CT molecular complexity index is 573. The molecule has 1 saturated carbocycles. The highest BCUT2D eigenvalue weighted by Gasteiger charge is 2.25. The molecule has 0 bridgehead atoms. The smallest absolute Gasteiger partial charge is 0.412 e. The molecule has 126 valence electrons. The average molecular weight is 316 g/mol. The van der Waals surface area contributed by atoms with Gasteiger partial charge >= 0.3 is 6.09 Å². The monoisotopic (exact) mass is 316 g/mol. The second kappa shape index (κ2) is 6.52. The average Bonchev–Trinajstić information content (AvgIpc) is 2.77. The van der Waals surface area contributed by atoms with Crippen molar-refractivity contribution in [3.05, 3.63) is 29.3 Å². The summed E-state index contributed by atoms with van der Waals surface area (Å²) in [5.74, 6) is 0.882. The van der Waals surface area contributed by atoms with Crippen LogP contribution in [-0.2, 0) is 11.2 Å². The fourth-order valence-electron chi connectivity index (χ4n) is 3.33. The number of carbonyl (C=O) groups excluding carboxylic acids is 1. The Morgan fingerprint density at radius 1 is 1.26 bits per heavy atom. The molecule has 2 aliphatic rings. The lowest BCUT2D eigenvalue weighted by Gasteiger charge is -2.27. The molecule has 2 N–H and O–H groups in total. The van der Waals surface area contributed by atoms with Gasteiger partial charge in [0.1, 0.15) is 5.60 Å². The zero-order chi connectivity index (χ0) is 16.4. The van der Waals surface area contributed by atoms with Crippen LogP contribution >= 0.6 is 0 Å². The molecule has 0 heterocycles. The molecule has 1 fully saturated rings. The van der Waals surface area contributed by atoms with Crippen molar-refractivity contribution in [2.45, 2.75) is 64.5 Å². The topological polar surface area (TPSA) is 50.4 Å². The highest BCUT2D eigenvalue weighted by Crippen LogP contribution is 2.34. The Balaban J connectivity index is 1.58. The molecule has 4 nitrogen and oxygen atoms in total. The largest absolute Gasteiger partial charge is 0.444 e. The summed E-state index contributed by atoms with van der Waals surface area (Å²) in [7, 11) is 0. The van der Waals surface area contributed by atoms with E-state index < -0.39 is 11.7 Å². The van der Waals surface area contributed by atoms with E-state index in [1.165, 1.54) is 30.4 Å². The van der Waals surface area contributed by atoms with Gasteiger partial charge in [0, 0.05) is 11.7 Å². The van der Waals surface area contributed by atoms with Gasteiger partial charge in [-0.2, -0.15) is 0 Å². The molecule has 0 spiro atoms. The van der Waals surface area contributed by atoms with Crippen LogP contribution < -0.4 is 10.6 Å². The summed E-state index contributed by atoms with van der Waals surface area (Å²) in [6.07, 6.45) is 5.98. The van der Waals surface area contributed by atoms with E-state index in [9.17, 15) is 4.79 Å². The standard InChI is InChI=1S/C19H28N2O2/c1-19(2,3)23-18(22)21-15-8-9-16-14(11-15)7-10-17(16)20-12-13-5-4-6-13/h8-9,11,13,17,20H,4-7,10,12H2,1-3H3,(H,21,22). The van der Waals surface area contributed by atoms with E-state index in [4.69, 9.17) is 4.74 Å². The predicted octanol–water partition coefficient (Wildman–Crippen LogP) is 4.41. The van der Waals surface area contributed by atoms with Crippen LogP contribution in [0.25, 0.3) is 0 Å². The number of carbonyl (C=O) groups is 1. The van der Waals surface area contributed by atoms with Crippen LogP contribution in [0.3, 0.4) is 0 Å². The molecule has 1 amide bonds. The van der Waals surface area contributed by atoms with E-state index in [-0.39, 0.29) is 0 Å². The number of hydrogen-bond acceptors (Lipinski definition) is 3. The zero-order valence-corrected chi connectivity index (χ0v) is 14.4. The van der Waals surface area contributed by atoms with E-state index in [1.54, 1.807) is 0 Å². The highest BCUT2D eigenvalue weighted by atomic mass is 16.6. The third-order valence-electron chi connectivity index (χ3n) is 4.74. The van der Waals surface area contributed by atoms with Crippen molar-refractivity contribution in [1.29, 1.82) is 0 Å². The lowest BCUT2D eigenvalue weighted by molar-refractivity contribution is 0.0636. The molecular weight excluding hydrogens is 288 g/mol. The van der Waals surface area contributed by atoms with Gasteiger partial charge in [0.2, 0.25) is 0 Å². The third-order valence-corrected chi connectivity index (χ3v) is 4.74. The Morgan fingerprint density at radius 2 is 2.04 bits per heavy atom.